The molecule has 0 bridgehead atoms. The molecule has 4 rings (SSSR count). The minimum atomic E-state index is -1.43. The summed E-state index contributed by atoms with van der Waals surface area (Å²) in [5.41, 5.74) is 7.91. The first-order valence-corrected chi connectivity index (χ1v) is 15.5. The van der Waals surface area contributed by atoms with Crippen molar-refractivity contribution < 1.29 is 4.74 Å². The highest BCUT2D eigenvalue weighted by atomic mass is 35.5. The molecule has 170 valence electrons. The van der Waals surface area contributed by atoms with Crippen LogP contribution in [-0.2, 0) is 0 Å². The summed E-state index contributed by atoms with van der Waals surface area (Å²) in [6, 6.07) is 15.8. The Balaban J connectivity index is 1.75. The van der Waals surface area contributed by atoms with Gasteiger partial charge in [0.05, 0.1) is 44.3 Å². The standard InChI is InChI=1S/C26H21Cl2N3OSSi/c1-32-23-12-21(19(27)11-20(23)28)31-25-18(14-29)15-30-22-13-24(33-26(22)25)17-7-5-16(6-8-17)9-10-34(2,3)4/h5-8,11-13,15H,1-4H3,(H,30,31). The molecule has 0 aliphatic carbocycles. The predicted molar refractivity (Wildman–Crippen MR) is 146 cm³/mol. The fraction of sp³-hybridized carbons (Fsp3) is 0.154. The minimum absolute atomic E-state index is 0.412. The summed E-state index contributed by atoms with van der Waals surface area (Å²) in [7, 11) is 0.113. The van der Waals surface area contributed by atoms with E-state index in [1.54, 1.807) is 29.7 Å². The van der Waals surface area contributed by atoms with Crippen molar-refractivity contribution in [1.29, 1.82) is 5.26 Å². The largest absolute Gasteiger partial charge is 0.495 e. The summed E-state index contributed by atoms with van der Waals surface area (Å²) < 4.78 is 6.18. The lowest BCUT2D eigenvalue weighted by molar-refractivity contribution is 0.415. The van der Waals surface area contributed by atoms with Gasteiger partial charge < -0.3 is 10.1 Å². The lowest BCUT2D eigenvalue weighted by Gasteiger charge is -2.13. The molecule has 2 aromatic carbocycles. The van der Waals surface area contributed by atoms with Gasteiger partial charge in [-0.25, -0.2) is 0 Å². The summed E-state index contributed by atoms with van der Waals surface area (Å²) >= 11 is 14.2. The van der Waals surface area contributed by atoms with Crippen molar-refractivity contribution in [2.24, 2.45) is 0 Å². The average Bonchev–Trinajstić information content (AvgIpc) is 3.24. The molecule has 0 aliphatic rings. The van der Waals surface area contributed by atoms with E-state index in [0.29, 0.717) is 32.7 Å². The number of ether oxygens (including phenoxy) is 1. The van der Waals surface area contributed by atoms with Crippen LogP contribution < -0.4 is 10.1 Å². The fourth-order valence-electron chi connectivity index (χ4n) is 3.22. The zero-order valence-corrected chi connectivity index (χ0v) is 22.4. The Kier molecular flexibility index (Phi) is 6.88. The van der Waals surface area contributed by atoms with Gasteiger partial charge in [-0.2, -0.15) is 5.26 Å². The smallest absolute Gasteiger partial charge is 0.139 e. The van der Waals surface area contributed by atoms with Crippen LogP contribution in [0.5, 0.6) is 5.75 Å². The number of hydrogen-bond donors (Lipinski definition) is 1. The number of nitriles is 1. The fourth-order valence-corrected chi connectivity index (χ4v) is 5.37. The van der Waals surface area contributed by atoms with E-state index < -0.39 is 8.07 Å². The van der Waals surface area contributed by atoms with Crippen LogP contribution in [0.15, 0.2) is 48.7 Å². The number of fused-ring (bicyclic) bond motifs is 1. The highest BCUT2D eigenvalue weighted by molar-refractivity contribution is 7.22. The molecule has 0 aliphatic heterocycles. The Morgan fingerprint density at radius 1 is 1.06 bits per heavy atom. The molecule has 4 aromatic rings. The van der Waals surface area contributed by atoms with E-state index in [1.807, 2.05) is 18.2 Å². The lowest BCUT2D eigenvalue weighted by atomic mass is 10.1. The molecule has 0 unspecified atom stereocenters. The SMILES string of the molecule is COc1cc(Nc2c(C#N)cnc3cc(-c4ccc(C#C[Si](C)(C)C)cc4)sc23)c(Cl)cc1Cl. The third-order valence-corrected chi connectivity index (χ3v) is 7.59. The van der Waals surface area contributed by atoms with E-state index in [-0.39, 0.29) is 0 Å². The van der Waals surface area contributed by atoms with Crippen molar-refractivity contribution in [3.63, 3.8) is 0 Å². The molecule has 2 aromatic heterocycles. The van der Waals surface area contributed by atoms with Crippen molar-refractivity contribution in [2.75, 3.05) is 12.4 Å². The number of nitrogens with zero attached hydrogens (tertiary/aromatic N) is 2. The minimum Gasteiger partial charge on any atom is -0.495 e. The van der Waals surface area contributed by atoms with Crippen LogP contribution in [-0.4, -0.2) is 20.2 Å². The molecule has 0 atom stereocenters. The van der Waals surface area contributed by atoms with Crippen LogP contribution in [0.2, 0.25) is 29.7 Å². The van der Waals surface area contributed by atoms with E-state index in [1.165, 1.54) is 7.11 Å². The number of hydrogen-bond acceptors (Lipinski definition) is 5. The number of methoxy groups -OCH3 is 1. The number of rotatable bonds is 4. The Morgan fingerprint density at radius 2 is 1.79 bits per heavy atom. The van der Waals surface area contributed by atoms with Crippen molar-refractivity contribution in [3.8, 4) is 33.7 Å². The zero-order chi connectivity index (χ0) is 24.5. The van der Waals surface area contributed by atoms with Crippen LogP contribution in [0.3, 0.4) is 0 Å². The lowest BCUT2D eigenvalue weighted by Crippen LogP contribution is -2.16. The quantitative estimate of drug-likeness (QED) is 0.217. The molecule has 8 heteroatoms. The summed E-state index contributed by atoms with van der Waals surface area (Å²) in [6.07, 6.45) is 1.57. The second kappa shape index (κ2) is 9.70. The van der Waals surface area contributed by atoms with Gasteiger partial charge in [-0.05, 0) is 29.8 Å². The Morgan fingerprint density at radius 3 is 2.44 bits per heavy atom. The number of thiophene rings is 1. The maximum absolute atomic E-state index is 9.72. The molecule has 1 N–H and O–H groups in total. The summed E-state index contributed by atoms with van der Waals surface area (Å²) in [4.78, 5) is 5.54. The van der Waals surface area contributed by atoms with Gasteiger partial charge in [0, 0.05) is 22.7 Å². The highest BCUT2D eigenvalue weighted by Crippen LogP contribution is 2.41. The van der Waals surface area contributed by atoms with E-state index >= 15 is 0 Å². The van der Waals surface area contributed by atoms with Gasteiger partial charge in [-0.3, -0.25) is 4.98 Å². The summed E-state index contributed by atoms with van der Waals surface area (Å²) in [6.45, 7) is 6.69. The molecule has 34 heavy (non-hydrogen) atoms. The van der Waals surface area contributed by atoms with E-state index in [0.717, 1.165) is 26.2 Å². The first kappa shape index (κ1) is 24.1. The topological polar surface area (TPSA) is 57.9 Å². The molecule has 0 saturated heterocycles. The van der Waals surface area contributed by atoms with Crippen LogP contribution in [0.1, 0.15) is 11.1 Å². The van der Waals surface area contributed by atoms with Gasteiger partial charge in [0.2, 0.25) is 0 Å². The molecule has 4 nitrogen and oxygen atoms in total. The maximum atomic E-state index is 9.72. The summed E-state index contributed by atoms with van der Waals surface area (Å²) in [5, 5.41) is 13.9. The number of pyridine rings is 1. The monoisotopic (exact) mass is 521 g/mol. The Bertz CT molecular complexity index is 1490. The van der Waals surface area contributed by atoms with E-state index in [9.17, 15) is 5.26 Å². The second-order valence-electron chi connectivity index (χ2n) is 8.65. The number of anilines is 2. The van der Waals surface area contributed by atoms with Gasteiger partial charge in [-0.1, -0.05) is 60.9 Å². The molecular formula is C26H21Cl2N3OSSi. The third-order valence-electron chi connectivity index (χ3n) is 4.91. The third kappa shape index (κ3) is 5.22. The molecule has 0 saturated carbocycles. The van der Waals surface area contributed by atoms with Gasteiger partial charge in [0.25, 0.3) is 0 Å². The molecular weight excluding hydrogens is 501 g/mol. The van der Waals surface area contributed by atoms with Crippen LogP contribution in [0.4, 0.5) is 11.4 Å². The van der Waals surface area contributed by atoms with E-state index in [4.69, 9.17) is 27.9 Å². The summed E-state index contributed by atoms with van der Waals surface area (Å²) in [5.74, 6) is 3.77. The van der Waals surface area contributed by atoms with Gasteiger partial charge in [0.1, 0.15) is 19.9 Å². The zero-order valence-electron chi connectivity index (χ0n) is 19.1. The predicted octanol–water partition coefficient (Wildman–Crippen LogP) is 8.12. The Labute approximate surface area is 214 Å². The van der Waals surface area contributed by atoms with Crippen molar-refractivity contribution in [1.82, 2.24) is 4.98 Å². The van der Waals surface area contributed by atoms with Gasteiger partial charge in [-0.15, -0.1) is 16.9 Å². The number of aromatic nitrogens is 1. The number of benzene rings is 2. The van der Waals surface area contributed by atoms with Crippen LogP contribution in [0, 0.1) is 22.8 Å². The van der Waals surface area contributed by atoms with Crippen molar-refractivity contribution in [2.45, 2.75) is 19.6 Å². The molecule has 0 radical (unpaired) electrons. The first-order valence-electron chi connectivity index (χ1n) is 10.4. The molecule has 0 amide bonds. The average molecular weight is 523 g/mol. The molecule has 0 spiro atoms. The maximum Gasteiger partial charge on any atom is 0.139 e. The van der Waals surface area contributed by atoms with Gasteiger partial charge in [0.15, 0.2) is 0 Å². The normalized spacial score (nSPS) is 11.0. The van der Waals surface area contributed by atoms with Crippen LogP contribution in [0.25, 0.3) is 20.7 Å². The van der Waals surface area contributed by atoms with Crippen molar-refractivity contribution in [3.05, 3.63) is 69.8 Å². The van der Waals surface area contributed by atoms with Crippen molar-refractivity contribution >= 4 is 64.2 Å². The molecule has 0 fully saturated rings. The number of halogens is 2. The van der Waals surface area contributed by atoms with Crippen LogP contribution >= 0.6 is 34.5 Å². The second-order valence-corrected chi connectivity index (χ2v) is 15.3. The highest BCUT2D eigenvalue weighted by Gasteiger charge is 2.16. The van der Waals surface area contributed by atoms with E-state index in [2.05, 4.69) is 59.6 Å². The number of nitrogens with one attached hydrogen (secondary N) is 1. The first-order chi connectivity index (χ1) is 16.2. The molecule has 2 heterocycles. The van der Waals surface area contributed by atoms with Gasteiger partial charge >= 0.3 is 0 Å². The Hall–Kier alpha value is -3.00.